The maximum Gasteiger partial charge on any atom is 0.336 e. The number of thiazole rings is 1. The zero-order valence-corrected chi connectivity index (χ0v) is 19.0. The molecule has 1 aromatic heterocycles. The largest absolute Gasteiger partial charge is 0.480 e. The van der Waals surface area contributed by atoms with Crippen molar-refractivity contribution in [2.75, 3.05) is 13.1 Å². The lowest BCUT2D eigenvalue weighted by molar-refractivity contribution is -0.142. The minimum absolute atomic E-state index is 0.0149. The Hall–Kier alpha value is -3.25. The lowest BCUT2D eigenvalue weighted by Gasteiger charge is -2.35. The summed E-state index contributed by atoms with van der Waals surface area (Å²) in [6.07, 6.45) is 0.733. The number of nitrogens with zero attached hydrogens (tertiary/aromatic N) is 3. The second-order valence-corrected chi connectivity index (χ2v) is 9.65. The molecule has 8 nitrogen and oxygen atoms in total. The van der Waals surface area contributed by atoms with Crippen LogP contribution in [0.4, 0.5) is 13.2 Å². The number of hydrogen-bond acceptors (Lipinski definition) is 7. The number of carboxylic acids is 2. The molecular weight excluding hydrogens is 473 g/mol. The maximum atomic E-state index is 14.1. The summed E-state index contributed by atoms with van der Waals surface area (Å²) in [5.74, 6) is -6.33. The number of aliphatic carboxylic acids is 2. The van der Waals surface area contributed by atoms with Gasteiger partial charge >= 0.3 is 11.9 Å². The maximum absolute atomic E-state index is 14.1. The highest BCUT2D eigenvalue weighted by molar-refractivity contribution is 7.13. The topological polar surface area (TPSA) is 115 Å². The molecule has 12 heteroatoms. The van der Waals surface area contributed by atoms with Crippen molar-refractivity contribution in [1.82, 2.24) is 15.2 Å². The van der Waals surface area contributed by atoms with Crippen LogP contribution in [-0.2, 0) is 15.1 Å². The van der Waals surface area contributed by atoms with Gasteiger partial charge in [-0.3, -0.25) is 9.69 Å². The third-order valence-electron chi connectivity index (χ3n) is 5.85. The molecule has 0 radical (unpaired) electrons. The minimum Gasteiger partial charge on any atom is -0.480 e. The summed E-state index contributed by atoms with van der Waals surface area (Å²) in [7, 11) is 0. The van der Waals surface area contributed by atoms with Crippen molar-refractivity contribution in [3.05, 3.63) is 63.0 Å². The van der Waals surface area contributed by atoms with Gasteiger partial charge in [-0.05, 0) is 31.5 Å². The van der Waals surface area contributed by atoms with Crippen molar-refractivity contribution in [2.45, 2.75) is 37.8 Å². The highest BCUT2D eigenvalue weighted by Gasteiger charge is 2.50. The molecule has 180 valence electrons. The molecule has 0 bridgehead atoms. The molecule has 2 aromatic rings. The van der Waals surface area contributed by atoms with Crippen LogP contribution in [0.15, 0.2) is 46.7 Å². The number of rotatable bonds is 6. The molecule has 1 aromatic carbocycles. The molecule has 0 saturated carbocycles. The molecule has 1 saturated heterocycles. The van der Waals surface area contributed by atoms with Crippen LogP contribution in [-0.4, -0.2) is 62.9 Å². The van der Waals surface area contributed by atoms with Crippen molar-refractivity contribution in [1.29, 1.82) is 0 Å². The summed E-state index contributed by atoms with van der Waals surface area (Å²) >= 11 is 1.29. The summed E-state index contributed by atoms with van der Waals surface area (Å²) in [4.78, 5) is 34.9. The van der Waals surface area contributed by atoms with Gasteiger partial charge in [-0.25, -0.2) is 27.9 Å². The fourth-order valence-electron chi connectivity index (χ4n) is 4.31. The normalized spacial score (nSPS) is 24.6. The zero-order chi connectivity index (χ0) is 24.8. The van der Waals surface area contributed by atoms with Crippen LogP contribution in [0.1, 0.15) is 28.8 Å². The first-order chi connectivity index (χ1) is 15.9. The number of amidine groups is 1. The molecule has 2 aliphatic heterocycles. The number of hydrogen-bond donors (Lipinski definition) is 3. The Morgan fingerprint density at radius 1 is 1.26 bits per heavy atom. The van der Waals surface area contributed by atoms with Crippen molar-refractivity contribution in [2.24, 2.45) is 4.99 Å². The van der Waals surface area contributed by atoms with E-state index in [4.69, 9.17) is 0 Å². The summed E-state index contributed by atoms with van der Waals surface area (Å²) in [6, 6.07) is 3.66. The molecule has 3 N–H and O–H groups in total. The first kappa shape index (κ1) is 23.9. The number of aliphatic imine (C=N–C) groups is 1. The van der Waals surface area contributed by atoms with Crippen LogP contribution in [0.2, 0.25) is 0 Å². The van der Waals surface area contributed by atoms with Crippen LogP contribution in [0.25, 0.3) is 0 Å². The Morgan fingerprint density at radius 3 is 2.50 bits per heavy atom. The quantitative estimate of drug-likeness (QED) is 0.566. The number of alkyl halides is 2. The van der Waals surface area contributed by atoms with Crippen LogP contribution in [0.3, 0.4) is 0 Å². The number of aromatic nitrogens is 1. The van der Waals surface area contributed by atoms with Crippen LogP contribution < -0.4 is 5.32 Å². The minimum atomic E-state index is -3.23. The molecule has 3 heterocycles. The van der Waals surface area contributed by atoms with Gasteiger partial charge in [0.15, 0.2) is 10.8 Å². The Bertz CT molecular complexity index is 1210. The number of aryl methyl sites for hydroxylation is 1. The van der Waals surface area contributed by atoms with E-state index in [1.165, 1.54) is 42.5 Å². The van der Waals surface area contributed by atoms with Gasteiger partial charge in [-0.2, -0.15) is 0 Å². The number of carboxylic acid groups (broad SMARTS) is 2. The van der Waals surface area contributed by atoms with Crippen molar-refractivity contribution in [3.63, 3.8) is 0 Å². The van der Waals surface area contributed by atoms with E-state index in [0.717, 1.165) is 9.78 Å². The summed E-state index contributed by atoms with van der Waals surface area (Å²) in [5, 5.41) is 22.9. The van der Waals surface area contributed by atoms with Crippen molar-refractivity contribution < 1.29 is 33.0 Å². The molecule has 2 unspecified atom stereocenters. The Kier molecular flexibility index (Phi) is 5.98. The number of carbonyl (C=O) groups is 2. The van der Waals surface area contributed by atoms with Gasteiger partial charge in [0.25, 0.3) is 5.92 Å². The van der Waals surface area contributed by atoms with Gasteiger partial charge in [-0.1, -0.05) is 12.1 Å². The fourth-order valence-corrected chi connectivity index (χ4v) is 5.02. The smallest absolute Gasteiger partial charge is 0.336 e. The number of likely N-dealkylation sites (tertiary alicyclic amines) is 1. The van der Waals surface area contributed by atoms with E-state index in [1.807, 2.05) is 6.92 Å². The molecule has 0 aliphatic carbocycles. The van der Waals surface area contributed by atoms with Crippen molar-refractivity contribution in [3.8, 4) is 0 Å². The molecule has 2 atom stereocenters. The Balaban J connectivity index is 1.85. The highest BCUT2D eigenvalue weighted by Crippen LogP contribution is 2.40. The fraction of sp³-hybridized carbons (Fsp3) is 0.364. The summed E-state index contributed by atoms with van der Waals surface area (Å²) < 4.78 is 41.8. The van der Waals surface area contributed by atoms with Crippen LogP contribution in [0, 0.1) is 12.7 Å². The molecule has 2 aliphatic rings. The first-order valence-electron chi connectivity index (χ1n) is 10.3. The Morgan fingerprint density at radius 2 is 1.94 bits per heavy atom. The molecule has 34 heavy (non-hydrogen) atoms. The van der Waals surface area contributed by atoms with Gasteiger partial charge in [-0.15, -0.1) is 11.3 Å². The number of halogens is 3. The zero-order valence-electron chi connectivity index (χ0n) is 18.2. The molecule has 1 fully saturated rings. The van der Waals surface area contributed by atoms with Crippen molar-refractivity contribution >= 4 is 29.1 Å². The van der Waals surface area contributed by atoms with E-state index in [2.05, 4.69) is 15.3 Å². The monoisotopic (exact) mass is 494 g/mol. The molecule has 0 spiro atoms. The van der Waals surface area contributed by atoms with Gasteiger partial charge in [0.1, 0.15) is 17.4 Å². The van der Waals surface area contributed by atoms with E-state index >= 15 is 0 Å². The highest BCUT2D eigenvalue weighted by atomic mass is 32.1. The first-order valence-corrected chi connectivity index (χ1v) is 11.1. The van der Waals surface area contributed by atoms with Crippen LogP contribution >= 0.6 is 11.3 Å². The Labute approximate surface area is 196 Å². The third-order valence-corrected chi connectivity index (χ3v) is 6.77. The van der Waals surface area contributed by atoms with E-state index in [1.54, 1.807) is 6.20 Å². The van der Waals surface area contributed by atoms with E-state index in [-0.39, 0.29) is 17.1 Å². The standard InChI is InChI=1S/C22H21F3N4O4S/c1-11-8-26-18(34-11)17-27-14(9-29-10-22(24,25)7-15(29)19(30)31)16(20(32)33)21(2,28-17)12-3-5-13(23)6-4-12/h3-6,8,15H,7,9-10H2,1-2H3,(H,27,28)(H,30,31)(H,32,33). The van der Waals surface area contributed by atoms with Crippen LogP contribution in [0.5, 0.6) is 0 Å². The second kappa shape index (κ2) is 8.51. The lowest BCUT2D eigenvalue weighted by Crippen LogP contribution is -2.46. The molecule has 4 rings (SSSR count). The molecule has 0 amide bonds. The average molecular weight is 494 g/mol. The van der Waals surface area contributed by atoms with E-state index < -0.39 is 54.8 Å². The molecular formula is C22H21F3N4O4S. The summed E-state index contributed by atoms with van der Waals surface area (Å²) in [5.41, 5.74) is -1.41. The predicted molar refractivity (Wildman–Crippen MR) is 117 cm³/mol. The lowest BCUT2D eigenvalue weighted by atomic mass is 9.82. The van der Waals surface area contributed by atoms with E-state index in [9.17, 15) is 33.0 Å². The van der Waals surface area contributed by atoms with Gasteiger partial charge < -0.3 is 15.5 Å². The van der Waals surface area contributed by atoms with Gasteiger partial charge in [0.2, 0.25) is 0 Å². The number of benzene rings is 1. The van der Waals surface area contributed by atoms with Gasteiger partial charge in [0.05, 0.1) is 12.1 Å². The SMILES string of the molecule is Cc1cnc(C2=NC(C)(c3ccc(F)cc3)C(C(=O)O)=C(CN3CC(F)(F)CC3C(=O)O)N2)s1. The number of nitrogens with one attached hydrogen (secondary N) is 1. The average Bonchev–Trinajstić information content (AvgIpc) is 3.30. The predicted octanol–water partition coefficient (Wildman–Crippen LogP) is 2.99. The third kappa shape index (κ3) is 4.42. The van der Waals surface area contributed by atoms with Gasteiger partial charge in [0, 0.05) is 29.7 Å². The summed E-state index contributed by atoms with van der Waals surface area (Å²) in [6.45, 7) is 2.12. The second-order valence-electron chi connectivity index (χ2n) is 8.42. The van der Waals surface area contributed by atoms with E-state index in [0.29, 0.717) is 10.6 Å².